The van der Waals surface area contributed by atoms with Crippen LogP contribution in [-0.2, 0) is 4.74 Å². The Kier molecular flexibility index (Phi) is 10.4. The van der Waals surface area contributed by atoms with E-state index in [0.717, 1.165) is 19.3 Å². The fraction of sp³-hybridized carbons (Fsp3) is 0.310. The molecule has 0 aliphatic heterocycles. The second-order valence-electron chi connectivity index (χ2n) is 8.35. The summed E-state index contributed by atoms with van der Waals surface area (Å²) in [6.45, 7) is 2.49. The Balaban J connectivity index is 1.57. The van der Waals surface area contributed by atoms with Crippen LogP contribution in [-0.4, -0.2) is 25.8 Å². The second-order valence-corrected chi connectivity index (χ2v) is 8.35. The smallest absolute Gasteiger partial charge is 0.490 e. The number of ether oxygens (including phenoxy) is 4. The number of carbonyl (C=O) groups is 2. The highest BCUT2D eigenvalue weighted by atomic mass is 19.2. The van der Waals surface area contributed by atoms with Crippen LogP contribution < -0.4 is 14.2 Å². The molecule has 0 atom stereocenters. The molecule has 0 saturated heterocycles. The summed E-state index contributed by atoms with van der Waals surface area (Å²) in [4.78, 5) is 23.5. The zero-order chi connectivity index (χ0) is 26.6. The molecule has 0 aliphatic carbocycles. The Morgan fingerprint density at radius 2 is 1.35 bits per heavy atom. The number of esters is 1. The van der Waals surface area contributed by atoms with Gasteiger partial charge in [-0.05, 0) is 60.5 Å². The van der Waals surface area contributed by atoms with Gasteiger partial charge in [0.25, 0.3) is 0 Å². The molecular weight excluding hydrogens is 482 g/mol. The fourth-order valence-corrected chi connectivity index (χ4v) is 3.60. The first kappa shape index (κ1) is 27.6. The van der Waals surface area contributed by atoms with Crippen molar-refractivity contribution < 1.29 is 37.3 Å². The van der Waals surface area contributed by atoms with E-state index < -0.39 is 23.8 Å². The maximum absolute atomic E-state index is 14.7. The summed E-state index contributed by atoms with van der Waals surface area (Å²) >= 11 is 0. The van der Waals surface area contributed by atoms with Gasteiger partial charge in [-0.25, -0.2) is 14.0 Å². The lowest BCUT2D eigenvalue weighted by Crippen LogP contribution is -2.09. The van der Waals surface area contributed by atoms with Crippen molar-refractivity contribution in [1.82, 2.24) is 0 Å². The molecule has 3 aromatic carbocycles. The van der Waals surface area contributed by atoms with Crippen LogP contribution in [0.2, 0.25) is 0 Å². The molecule has 0 aliphatic rings. The number of unbranched alkanes of at least 4 members (excludes halogenated alkanes) is 5. The lowest BCUT2D eigenvalue weighted by atomic mass is 10.0. The van der Waals surface area contributed by atoms with Gasteiger partial charge in [-0.2, -0.15) is 4.39 Å². The van der Waals surface area contributed by atoms with Crippen LogP contribution in [0.5, 0.6) is 17.2 Å². The molecule has 0 amide bonds. The van der Waals surface area contributed by atoms with Crippen LogP contribution in [0.3, 0.4) is 0 Å². The molecule has 6 nitrogen and oxygen atoms in total. The van der Waals surface area contributed by atoms with Crippen molar-refractivity contribution in [3.8, 4) is 28.4 Å². The van der Waals surface area contributed by atoms with Crippen LogP contribution in [0.4, 0.5) is 13.6 Å². The summed E-state index contributed by atoms with van der Waals surface area (Å²) in [5, 5.41) is 0. The average Bonchev–Trinajstić information content (AvgIpc) is 2.91. The van der Waals surface area contributed by atoms with Crippen molar-refractivity contribution >= 4 is 12.1 Å². The highest BCUT2D eigenvalue weighted by Crippen LogP contribution is 2.31. The lowest BCUT2D eigenvalue weighted by Gasteiger charge is -2.11. The predicted molar refractivity (Wildman–Crippen MR) is 135 cm³/mol. The number of halogens is 2. The van der Waals surface area contributed by atoms with Gasteiger partial charge >= 0.3 is 12.1 Å². The monoisotopic (exact) mass is 512 g/mol. The van der Waals surface area contributed by atoms with Gasteiger partial charge in [-0.3, -0.25) is 0 Å². The molecule has 37 heavy (non-hydrogen) atoms. The molecule has 0 radical (unpaired) electrons. The molecule has 0 saturated carbocycles. The van der Waals surface area contributed by atoms with Crippen LogP contribution in [0.1, 0.15) is 55.8 Å². The highest BCUT2D eigenvalue weighted by molar-refractivity contribution is 5.91. The zero-order valence-electron chi connectivity index (χ0n) is 20.9. The molecular formula is C29H30F2O6. The topological polar surface area (TPSA) is 71.1 Å². The standard InChI is InChI=1S/C29H30F2O6/c1-3-4-5-6-7-8-19-35-25-18-17-24(26(30)27(25)31)20-9-13-22(14-10-20)36-28(32)21-11-15-23(16-12-21)37-29(33)34-2/h9-18H,3-8,19H2,1-2H3. The molecule has 0 heterocycles. The molecule has 0 bridgehead atoms. The summed E-state index contributed by atoms with van der Waals surface area (Å²) in [6.07, 6.45) is 5.57. The third-order valence-corrected chi connectivity index (χ3v) is 5.64. The second kappa shape index (κ2) is 14.0. The Morgan fingerprint density at radius 1 is 0.730 bits per heavy atom. The van der Waals surface area contributed by atoms with Gasteiger partial charge in [0.05, 0.1) is 19.3 Å². The minimum Gasteiger partial charge on any atom is -0.490 e. The van der Waals surface area contributed by atoms with Gasteiger partial charge in [-0.15, -0.1) is 0 Å². The molecule has 0 fully saturated rings. The molecule has 0 aromatic heterocycles. The van der Waals surface area contributed by atoms with E-state index in [2.05, 4.69) is 11.7 Å². The molecule has 8 heteroatoms. The average molecular weight is 513 g/mol. The quantitative estimate of drug-likeness (QED) is 0.107. The van der Waals surface area contributed by atoms with Crippen molar-refractivity contribution in [3.63, 3.8) is 0 Å². The van der Waals surface area contributed by atoms with Gasteiger partial charge in [0.1, 0.15) is 11.5 Å². The Labute approximate surface area is 215 Å². The summed E-state index contributed by atoms with van der Waals surface area (Å²) < 4.78 is 49.4. The number of hydrogen-bond acceptors (Lipinski definition) is 6. The van der Waals surface area contributed by atoms with E-state index in [9.17, 15) is 18.4 Å². The highest BCUT2D eigenvalue weighted by Gasteiger charge is 2.16. The largest absolute Gasteiger partial charge is 0.513 e. The summed E-state index contributed by atoms with van der Waals surface area (Å²) in [5.74, 6) is -2.34. The lowest BCUT2D eigenvalue weighted by molar-refractivity contribution is 0.0734. The Hall–Kier alpha value is -3.94. The summed E-state index contributed by atoms with van der Waals surface area (Å²) in [6, 6.07) is 14.6. The molecule has 0 unspecified atom stereocenters. The minimum atomic E-state index is -1.03. The molecule has 3 aromatic rings. The Morgan fingerprint density at radius 3 is 2.03 bits per heavy atom. The van der Waals surface area contributed by atoms with Crippen molar-refractivity contribution in [2.75, 3.05) is 13.7 Å². The zero-order valence-corrected chi connectivity index (χ0v) is 20.9. The number of rotatable bonds is 12. The molecule has 0 N–H and O–H groups in total. The minimum absolute atomic E-state index is 0.0727. The first-order chi connectivity index (χ1) is 17.9. The third kappa shape index (κ3) is 8.03. The van der Waals surface area contributed by atoms with E-state index in [1.165, 1.54) is 87.0 Å². The number of carbonyl (C=O) groups excluding carboxylic acids is 2. The van der Waals surface area contributed by atoms with Crippen molar-refractivity contribution in [2.45, 2.75) is 45.4 Å². The summed E-state index contributed by atoms with van der Waals surface area (Å²) in [5.41, 5.74) is 0.720. The van der Waals surface area contributed by atoms with E-state index in [1.807, 2.05) is 0 Å². The molecule has 196 valence electrons. The van der Waals surface area contributed by atoms with Gasteiger partial charge in [0.15, 0.2) is 11.6 Å². The van der Waals surface area contributed by atoms with E-state index in [-0.39, 0.29) is 28.4 Å². The maximum Gasteiger partial charge on any atom is 0.513 e. The number of methoxy groups -OCH3 is 1. The SMILES string of the molecule is CCCCCCCCOc1ccc(-c2ccc(OC(=O)c3ccc(OC(=O)OC)cc3)cc2)c(F)c1F. The number of hydrogen-bond donors (Lipinski definition) is 0. The van der Waals surface area contributed by atoms with Gasteiger partial charge in [-0.1, -0.05) is 51.2 Å². The first-order valence-corrected chi connectivity index (χ1v) is 12.2. The van der Waals surface area contributed by atoms with Crippen molar-refractivity contribution in [3.05, 3.63) is 77.9 Å². The van der Waals surface area contributed by atoms with Crippen LogP contribution in [0.15, 0.2) is 60.7 Å². The van der Waals surface area contributed by atoms with Crippen LogP contribution >= 0.6 is 0 Å². The van der Waals surface area contributed by atoms with E-state index in [4.69, 9.17) is 14.2 Å². The maximum atomic E-state index is 14.7. The van der Waals surface area contributed by atoms with E-state index in [0.29, 0.717) is 12.2 Å². The van der Waals surface area contributed by atoms with Gasteiger partial charge < -0.3 is 18.9 Å². The van der Waals surface area contributed by atoms with E-state index in [1.54, 1.807) is 0 Å². The number of benzene rings is 3. The van der Waals surface area contributed by atoms with Crippen LogP contribution in [0.25, 0.3) is 11.1 Å². The third-order valence-electron chi connectivity index (χ3n) is 5.64. The van der Waals surface area contributed by atoms with E-state index >= 15 is 0 Å². The van der Waals surface area contributed by atoms with Crippen molar-refractivity contribution in [1.29, 1.82) is 0 Å². The van der Waals surface area contributed by atoms with Crippen molar-refractivity contribution in [2.24, 2.45) is 0 Å². The van der Waals surface area contributed by atoms with Crippen LogP contribution in [0, 0.1) is 11.6 Å². The normalized spacial score (nSPS) is 10.6. The first-order valence-electron chi connectivity index (χ1n) is 12.2. The molecule has 3 rings (SSSR count). The summed E-state index contributed by atoms with van der Waals surface area (Å²) in [7, 11) is 1.19. The van der Waals surface area contributed by atoms with Gasteiger partial charge in [0.2, 0.25) is 5.82 Å². The fourth-order valence-electron chi connectivity index (χ4n) is 3.60. The Bertz CT molecular complexity index is 1180. The molecule has 0 spiro atoms. The van der Waals surface area contributed by atoms with Gasteiger partial charge in [0, 0.05) is 5.56 Å². The predicted octanol–water partition coefficient (Wildman–Crippen LogP) is 7.74.